The summed E-state index contributed by atoms with van der Waals surface area (Å²) in [4.78, 5) is 20.7. The Labute approximate surface area is 72.1 Å². The number of amides is 1. The first kappa shape index (κ1) is 9.67. The number of carbonyl (C=O) groups is 2. The minimum Gasteiger partial charge on any atom is -0.480 e. The van der Waals surface area contributed by atoms with E-state index in [1.165, 1.54) is 6.92 Å². The van der Waals surface area contributed by atoms with Crippen molar-refractivity contribution in [3.8, 4) is 0 Å². The summed E-state index contributed by atoms with van der Waals surface area (Å²) < 4.78 is 0.287. The molecule has 0 aliphatic heterocycles. The molecule has 0 aromatic rings. The number of halogens is 1. The summed E-state index contributed by atoms with van der Waals surface area (Å²) in [5, 5.41) is 10.6. The number of hydrogen-bond donors (Lipinski definition) is 2. The molecule has 0 fully saturated rings. The maximum absolute atomic E-state index is 10.5. The average molecular weight is 257 g/mol. The van der Waals surface area contributed by atoms with Crippen LogP contribution in [0.15, 0.2) is 0 Å². The van der Waals surface area contributed by atoms with Crippen LogP contribution in [0.25, 0.3) is 0 Å². The molecule has 0 aromatic heterocycles. The number of alkyl halides is 1. The molecule has 0 saturated heterocycles. The first-order valence-electron chi connectivity index (χ1n) is 2.66. The lowest BCUT2D eigenvalue weighted by molar-refractivity contribution is -0.140. The molecule has 0 aromatic carbocycles. The summed E-state index contributed by atoms with van der Waals surface area (Å²) in [6, 6.07) is -0.790. The summed E-state index contributed by atoms with van der Waals surface area (Å²) in [6.07, 6.45) is 0. The molecule has 0 bridgehead atoms. The molecule has 0 saturated carbocycles. The number of carboxylic acids is 1. The first-order chi connectivity index (χ1) is 4.57. The van der Waals surface area contributed by atoms with E-state index in [1.54, 1.807) is 0 Å². The highest BCUT2D eigenvalue weighted by Gasteiger charge is 2.11. The molecular formula is C5H8INO3. The van der Waals surface area contributed by atoms with Gasteiger partial charge in [-0.05, 0) is 6.92 Å². The molecule has 1 unspecified atom stereocenters. The number of rotatable bonds is 3. The van der Waals surface area contributed by atoms with Crippen molar-refractivity contribution in [2.45, 2.75) is 13.0 Å². The maximum atomic E-state index is 10.5. The summed E-state index contributed by atoms with van der Waals surface area (Å²) in [6.45, 7) is 1.42. The zero-order chi connectivity index (χ0) is 8.15. The highest BCUT2D eigenvalue weighted by Crippen LogP contribution is 1.84. The second-order valence-electron chi connectivity index (χ2n) is 1.76. The van der Waals surface area contributed by atoms with Gasteiger partial charge in [-0.25, -0.2) is 0 Å². The zero-order valence-corrected chi connectivity index (χ0v) is 7.58. The Kier molecular flexibility index (Phi) is 4.33. The highest BCUT2D eigenvalue weighted by atomic mass is 127. The normalized spacial score (nSPS) is 12.2. The fraction of sp³-hybridized carbons (Fsp3) is 0.600. The van der Waals surface area contributed by atoms with Gasteiger partial charge in [-0.15, -0.1) is 0 Å². The molecule has 0 aliphatic carbocycles. The third-order valence-corrected chi connectivity index (χ3v) is 1.56. The van der Waals surface area contributed by atoms with E-state index in [-0.39, 0.29) is 10.3 Å². The molecule has 58 valence electrons. The summed E-state index contributed by atoms with van der Waals surface area (Å²) in [5.41, 5.74) is 0. The van der Waals surface area contributed by atoms with Gasteiger partial charge in [0.1, 0.15) is 6.04 Å². The molecule has 10 heavy (non-hydrogen) atoms. The van der Waals surface area contributed by atoms with Gasteiger partial charge in [-0.2, -0.15) is 0 Å². The largest absolute Gasteiger partial charge is 0.480 e. The fourth-order valence-electron chi connectivity index (χ4n) is 0.342. The Morgan fingerprint density at radius 3 is 2.50 bits per heavy atom. The van der Waals surface area contributed by atoms with E-state index in [2.05, 4.69) is 5.32 Å². The standard InChI is InChI=1S/C5H8INO3/c1-3(5(9)10)7-4(8)2-6/h3H,2H2,1H3,(H,7,8)(H,9,10). The number of carbonyl (C=O) groups excluding carboxylic acids is 1. The number of aliphatic carboxylic acids is 1. The zero-order valence-electron chi connectivity index (χ0n) is 5.43. The molecule has 1 amide bonds. The Hall–Kier alpha value is -0.330. The van der Waals surface area contributed by atoms with Crippen LogP contribution in [0, 0.1) is 0 Å². The molecule has 0 rings (SSSR count). The van der Waals surface area contributed by atoms with Crippen molar-refractivity contribution in [1.82, 2.24) is 5.32 Å². The molecule has 0 radical (unpaired) electrons. The Morgan fingerprint density at radius 1 is 1.70 bits per heavy atom. The van der Waals surface area contributed by atoms with E-state index in [1.807, 2.05) is 22.6 Å². The van der Waals surface area contributed by atoms with Gasteiger partial charge in [0.15, 0.2) is 0 Å². The molecule has 0 aliphatic rings. The topological polar surface area (TPSA) is 66.4 Å². The van der Waals surface area contributed by atoms with Crippen LogP contribution in [0.4, 0.5) is 0 Å². The van der Waals surface area contributed by atoms with E-state index in [0.29, 0.717) is 0 Å². The molecule has 0 spiro atoms. The van der Waals surface area contributed by atoms with Crippen molar-refractivity contribution < 1.29 is 14.7 Å². The predicted molar refractivity (Wildman–Crippen MR) is 44.1 cm³/mol. The summed E-state index contributed by atoms with van der Waals surface area (Å²) >= 11 is 1.87. The van der Waals surface area contributed by atoms with Crippen LogP contribution in [0.5, 0.6) is 0 Å². The van der Waals surface area contributed by atoms with Gasteiger partial charge >= 0.3 is 5.97 Å². The third kappa shape index (κ3) is 3.65. The van der Waals surface area contributed by atoms with E-state index in [9.17, 15) is 9.59 Å². The lowest BCUT2D eigenvalue weighted by Crippen LogP contribution is -2.38. The highest BCUT2D eigenvalue weighted by molar-refractivity contribution is 14.1. The van der Waals surface area contributed by atoms with Gasteiger partial charge < -0.3 is 10.4 Å². The summed E-state index contributed by atoms with van der Waals surface area (Å²) in [7, 11) is 0. The minimum atomic E-state index is -1.02. The van der Waals surface area contributed by atoms with Crippen LogP contribution in [-0.4, -0.2) is 27.5 Å². The smallest absolute Gasteiger partial charge is 0.325 e. The monoisotopic (exact) mass is 257 g/mol. The van der Waals surface area contributed by atoms with Crippen LogP contribution in [0.3, 0.4) is 0 Å². The van der Waals surface area contributed by atoms with Crippen LogP contribution in [-0.2, 0) is 9.59 Å². The van der Waals surface area contributed by atoms with E-state index >= 15 is 0 Å². The fourth-order valence-corrected chi connectivity index (χ4v) is 0.562. The predicted octanol–water partition coefficient (Wildman–Crippen LogP) is 0.0107. The van der Waals surface area contributed by atoms with Crippen molar-refractivity contribution in [3.05, 3.63) is 0 Å². The van der Waals surface area contributed by atoms with E-state index < -0.39 is 12.0 Å². The van der Waals surface area contributed by atoms with Crippen molar-refractivity contribution in [2.24, 2.45) is 0 Å². The Balaban J connectivity index is 3.68. The van der Waals surface area contributed by atoms with Crippen molar-refractivity contribution in [1.29, 1.82) is 0 Å². The van der Waals surface area contributed by atoms with Gasteiger partial charge in [-0.1, -0.05) is 22.6 Å². The van der Waals surface area contributed by atoms with Crippen LogP contribution < -0.4 is 5.32 Å². The van der Waals surface area contributed by atoms with E-state index in [4.69, 9.17) is 5.11 Å². The van der Waals surface area contributed by atoms with Gasteiger partial charge in [0, 0.05) is 0 Å². The molecular weight excluding hydrogens is 249 g/mol. The second kappa shape index (κ2) is 4.48. The molecule has 5 heteroatoms. The second-order valence-corrected chi connectivity index (χ2v) is 2.52. The molecule has 2 N–H and O–H groups in total. The molecule has 0 heterocycles. The Morgan fingerprint density at radius 2 is 2.20 bits per heavy atom. The van der Waals surface area contributed by atoms with Crippen molar-refractivity contribution in [2.75, 3.05) is 4.43 Å². The van der Waals surface area contributed by atoms with E-state index in [0.717, 1.165) is 0 Å². The molecule has 4 nitrogen and oxygen atoms in total. The maximum Gasteiger partial charge on any atom is 0.325 e. The third-order valence-electron chi connectivity index (χ3n) is 0.869. The van der Waals surface area contributed by atoms with Crippen LogP contribution in [0.1, 0.15) is 6.92 Å². The quantitative estimate of drug-likeness (QED) is 0.553. The van der Waals surface area contributed by atoms with Gasteiger partial charge in [0.2, 0.25) is 5.91 Å². The SMILES string of the molecule is CC(NC(=O)CI)C(=O)O. The minimum absolute atomic E-state index is 0.254. The number of hydrogen-bond acceptors (Lipinski definition) is 2. The van der Waals surface area contributed by atoms with Crippen molar-refractivity contribution >= 4 is 34.5 Å². The Bertz CT molecular complexity index is 148. The lowest BCUT2D eigenvalue weighted by atomic mass is 10.3. The van der Waals surface area contributed by atoms with Crippen LogP contribution >= 0.6 is 22.6 Å². The average Bonchev–Trinajstić information content (AvgIpc) is 1.87. The first-order valence-corrected chi connectivity index (χ1v) is 4.18. The molecule has 1 atom stereocenters. The van der Waals surface area contributed by atoms with Crippen molar-refractivity contribution in [3.63, 3.8) is 0 Å². The summed E-state index contributed by atoms with van der Waals surface area (Å²) in [5.74, 6) is -1.27. The number of carboxylic acid groups (broad SMARTS) is 1. The van der Waals surface area contributed by atoms with Gasteiger partial charge in [0.25, 0.3) is 0 Å². The lowest BCUT2D eigenvalue weighted by Gasteiger charge is -2.05. The van der Waals surface area contributed by atoms with Gasteiger partial charge in [0.05, 0.1) is 4.43 Å². The number of nitrogens with one attached hydrogen (secondary N) is 1. The van der Waals surface area contributed by atoms with Gasteiger partial charge in [-0.3, -0.25) is 9.59 Å². The van der Waals surface area contributed by atoms with Crippen LogP contribution in [0.2, 0.25) is 0 Å².